The zero-order valence-corrected chi connectivity index (χ0v) is 22.4. The third kappa shape index (κ3) is 4.77. The van der Waals surface area contributed by atoms with E-state index in [0.29, 0.717) is 18.0 Å². The van der Waals surface area contributed by atoms with Crippen LogP contribution in [-0.2, 0) is 9.53 Å². The van der Waals surface area contributed by atoms with Gasteiger partial charge >= 0.3 is 0 Å². The molecule has 2 aromatic heterocycles. The summed E-state index contributed by atoms with van der Waals surface area (Å²) in [6.45, 7) is 5.44. The molecular formula is C29H33N5O4. The quantitative estimate of drug-likeness (QED) is 0.378. The maximum Gasteiger partial charge on any atom is 0.254 e. The Balaban J connectivity index is 1.41. The van der Waals surface area contributed by atoms with Gasteiger partial charge in [-0.3, -0.25) is 4.79 Å². The number of benzene rings is 2. The number of ether oxygens (including phenoxy) is 3. The molecule has 1 unspecified atom stereocenters. The van der Waals surface area contributed by atoms with E-state index in [1.165, 1.54) is 0 Å². The summed E-state index contributed by atoms with van der Waals surface area (Å²) in [7, 11) is 4.81. The van der Waals surface area contributed by atoms with E-state index in [1.807, 2.05) is 66.9 Å². The summed E-state index contributed by atoms with van der Waals surface area (Å²) >= 11 is 0. The Labute approximate surface area is 222 Å². The van der Waals surface area contributed by atoms with Gasteiger partial charge in [0.15, 0.2) is 23.3 Å². The second kappa shape index (κ2) is 10.7. The molecular weight excluding hydrogens is 482 g/mol. The third-order valence-corrected chi connectivity index (χ3v) is 6.97. The summed E-state index contributed by atoms with van der Waals surface area (Å²) in [5.74, 6) is 1.19. The third-order valence-electron chi connectivity index (χ3n) is 6.97. The van der Waals surface area contributed by atoms with Crippen LogP contribution in [0.4, 0.5) is 5.69 Å². The largest absolute Gasteiger partial charge is 0.493 e. The molecule has 9 heteroatoms. The van der Waals surface area contributed by atoms with Gasteiger partial charge in [-0.05, 0) is 50.1 Å². The average molecular weight is 516 g/mol. The van der Waals surface area contributed by atoms with Crippen molar-refractivity contribution in [3.8, 4) is 22.8 Å². The van der Waals surface area contributed by atoms with Crippen molar-refractivity contribution in [1.29, 1.82) is 0 Å². The summed E-state index contributed by atoms with van der Waals surface area (Å²) in [6, 6.07) is 17.4. The molecule has 198 valence electrons. The van der Waals surface area contributed by atoms with Gasteiger partial charge in [0.1, 0.15) is 0 Å². The van der Waals surface area contributed by atoms with Crippen LogP contribution in [0, 0.1) is 13.8 Å². The number of methoxy groups -OCH3 is 3. The summed E-state index contributed by atoms with van der Waals surface area (Å²) in [5.41, 5.74) is 6.20. The molecule has 0 radical (unpaired) electrons. The van der Waals surface area contributed by atoms with Gasteiger partial charge in [-0.2, -0.15) is 5.10 Å². The second-order valence-electron chi connectivity index (χ2n) is 9.49. The molecule has 0 saturated carbocycles. The minimum Gasteiger partial charge on any atom is -0.493 e. The van der Waals surface area contributed by atoms with Gasteiger partial charge in [-0.25, -0.2) is 9.50 Å². The van der Waals surface area contributed by atoms with Crippen LogP contribution in [0.5, 0.6) is 11.5 Å². The fraction of sp³-hybridized carbons (Fsp3) is 0.345. The second-order valence-corrected chi connectivity index (χ2v) is 9.49. The lowest BCUT2D eigenvalue weighted by Crippen LogP contribution is -2.40. The molecule has 1 aliphatic heterocycles. The number of nitrogens with zero attached hydrogens (tertiary/aromatic N) is 4. The Morgan fingerprint density at radius 1 is 1.03 bits per heavy atom. The van der Waals surface area contributed by atoms with E-state index in [9.17, 15) is 4.79 Å². The first-order chi connectivity index (χ1) is 18.4. The van der Waals surface area contributed by atoms with E-state index in [0.717, 1.165) is 52.5 Å². The van der Waals surface area contributed by atoms with Crippen molar-refractivity contribution in [2.75, 3.05) is 39.3 Å². The zero-order valence-electron chi connectivity index (χ0n) is 22.4. The summed E-state index contributed by atoms with van der Waals surface area (Å²) < 4.78 is 18.4. The van der Waals surface area contributed by atoms with E-state index in [-0.39, 0.29) is 11.9 Å². The molecule has 0 spiro atoms. The van der Waals surface area contributed by atoms with Crippen molar-refractivity contribution in [2.24, 2.45) is 0 Å². The Kier molecular flexibility index (Phi) is 7.20. The molecule has 3 heterocycles. The number of carbonyl (C=O) groups excluding carboxylic acids is 1. The topological polar surface area (TPSA) is 90.2 Å². The predicted molar refractivity (Wildman–Crippen MR) is 146 cm³/mol. The van der Waals surface area contributed by atoms with Crippen LogP contribution in [-0.4, -0.2) is 61.0 Å². The molecule has 1 saturated heterocycles. The molecule has 38 heavy (non-hydrogen) atoms. The molecule has 0 bridgehead atoms. The lowest BCUT2D eigenvalue weighted by molar-refractivity contribution is -0.132. The van der Waals surface area contributed by atoms with Crippen molar-refractivity contribution in [2.45, 2.75) is 32.4 Å². The molecule has 5 rings (SSSR count). The Bertz CT molecular complexity index is 1450. The number of imidazole rings is 1. The molecule has 9 nitrogen and oxygen atoms in total. The number of fused-ring (bicyclic) bond motifs is 1. The molecule has 1 fully saturated rings. The van der Waals surface area contributed by atoms with Crippen molar-refractivity contribution in [3.05, 3.63) is 71.5 Å². The number of rotatable bonds is 8. The van der Waals surface area contributed by atoms with Gasteiger partial charge < -0.3 is 24.4 Å². The van der Waals surface area contributed by atoms with E-state index < -0.39 is 6.10 Å². The smallest absolute Gasteiger partial charge is 0.254 e. The average Bonchev–Trinajstić information content (AvgIpc) is 3.52. The van der Waals surface area contributed by atoms with Crippen LogP contribution in [0.1, 0.15) is 29.5 Å². The summed E-state index contributed by atoms with van der Waals surface area (Å²) in [5, 5.41) is 7.99. The highest BCUT2D eigenvalue weighted by Crippen LogP contribution is 2.36. The zero-order chi connectivity index (χ0) is 26.8. The summed E-state index contributed by atoms with van der Waals surface area (Å²) in [4.78, 5) is 20.2. The molecule has 1 aliphatic rings. The lowest BCUT2D eigenvalue weighted by Gasteiger charge is -2.22. The van der Waals surface area contributed by atoms with Crippen LogP contribution < -0.4 is 19.7 Å². The number of amides is 1. The maximum absolute atomic E-state index is 13.0. The van der Waals surface area contributed by atoms with Crippen molar-refractivity contribution in [3.63, 3.8) is 0 Å². The van der Waals surface area contributed by atoms with Gasteiger partial charge in [-0.1, -0.05) is 30.3 Å². The van der Waals surface area contributed by atoms with Crippen LogP contribution >= 0.6 is 0 Å². The van der Waals surface area contributed by atoms with Crippen LogP contribution in [0.15, 0.2) is 54.6 Å². The standard InChI is InChI=1S/C29H33N5O4/c1-18-15-23(33-14-13-22(17-33)31-29(35)27(38-5)20-9-7-6-8-10-20)28-30-19(2)26(34(28)32-18)21-11-12-24(36-3)25(16-21)37-4/h6-12,15-16,22,27H,13-14,17H2,1-5H3,(H,31,35)/t22?,27-/m0/s1. The monoisotopic (exact) mass is 515 g/mol. The van der Waals surface area contributed by atoms with Gasteiger partial charge in [0.05, 0.1) is 37.0 Å². The van der Waals surface area contributed by atoms with Crippen molar-refractivity contribution >= 4 is 17.2 Å². The van der Waals surface area contributed by atoms with Crippen molar-refractivity contribution < 1.29 is 19.0 Å². The number of aryl methyl sites for hydroxylation is 2. The minimum atomic E-state index is -0.640. The highest BCUT2D eigenvalue weighted by Gasteiger charge is 2.30. The van der Waals surface area contributed by atoms with E-state index >= 15 is 0 Å². The first-order valence-electron chi connectivity index (χ1n) is 12.7. The molecule has 1 N–H and O–H groups in total. The lowest BCUT2D eigenvalue weighted by atomic mass is 10.1. The number of hydrogen-bond acceptors (Lipinski definition) is 7. The van der Waals surface area contributed by atoms with Crippen LogP contribution in [0.3, 0.4) is 0 Å². The van der Waals surface area contributed by atoms with Gasteiger partial charge in [0.25, 0.3) is 5.91 Å². The highest BCUT2D eigenvalue weighted by molar-refractivity contribution is 5.83. The van der Waals surface area contributed by atoms with Gasteiger partial charge in [-0.15, -0.1) is 0 Å². The van der Waals surface area contributed by atoms with E-state index in [1.54, 1.807) is 21.3 Å². The number of anilines is 1. The number of aromatic nitrogens is 3. The van der Waals surface area contributed by atoms with Crippen LogP contribution in [0.2, 0.25) is 0 Å². The highest BCUT2D eigenvalue weighted by atomic mass is 16.5. The fourth-order valence-corrected chi connectivity index (χ4v) is 5.17. The van der Waals surface area contributed by atoms with Gasteiger partial charge in [0.2, 0.25) is 0 Å². The molecule has 2 aromatic carbocycles. The summed E-state index contributed by atoms with van der Waals surface area (Å²) in [6.07, 6.45) is 0.186. The molecule has 4 aromatic rings. The molecule has 2 atom stereocenters. The number of carbonyl (C=O) groups is 1. The molecule has 1 amide bonds. The number of hydrogen-bond donors (Lipinski definition) is 1. The fourth-order valence-electron chi connectivity index (χ4n) is 5.17. The minimum absolute atomic E-state index is 0.00115. The first-order valence-corrected chi connectivity index (χ1v) is 12.7. The first kappa shape index (κ1) is 25.5. The number of nitrogens with one attached hydrogen (secondary N) is 1. The maximum atomic E-state index is 13.0. The predicted octanol–water partition coefficient (Wildman–Crippen LogP) is 4.11. The van der Waals surface area contributed by atoms with Crippen LogP contribution in [0.25, 0.3) is 16.9 Å². The Morgan fingerprint density at radius 2 is 1.79 bits per heavy atom. The Hall–Kier alpha value is -4.11. The van der Waals surface area contributed by atoms with Gasteiger partial charge in [0, 0.05) is 31.8 Å². The molecule has 0 aliphatic carbocycles. The normalized spacial score (nSPS) is 16.0. The Morgan fingerprint density at radius 3 is 2.50 bits per heavy atom. The van der Waals surface area contributed by atoms with E-state index in [4.69, 9.17) is 24.3 Å². The SMILES string of the molecule is COc1ccc(-c2c(C)nc3c(N4CCC(NC(=O)[C@@H](OC)c5ccccc5)C4)cc(C)nn23)cc1OC. The van der Waals surface area contributed by atoms with E-state index in [2.05, 4.69) is 16.3 Å². The van der Waals surface area contributed by atoms with Crippen molar-refractivity contribution in [1.82, 2.24) is 19.9 Å².